The molecule has 2 N–H and O–H groups in total. The number of nitro benzene ring substituents is 1. The minimum absolute atomic E-state index is 0.0441. The maximum atomic E-state index is 11.1. The molecule has 0 aliphatic rings. The molecule has 0 radical (unpaired) electrons. The van der Waals surface area contributed by atoms with Crippen LogP contribution in [0, 0.1) is 10.1 Å². The number of benzene rings is 1. The molecule has 7 nitrogen and oxygen atoms in total. The van der Waals surface area contributed by atoms with Gasteiger partial charge in [-0.2, -0.15) is 0 Å². The number of hydrogen-bond acceptors (Lipinski definition) is 5. The van der Waals surface area contributed by atoms with Crippen molar-refractivity contribution < 1.29 is 19.9 Å². The Morgan fingerprint density at radius 2 is 2.05 bits per heavy atom. The minimum atomic E-state index is -1.17. The SMILES string of the molecule is CN(CC(C)(C)O)c1cc([N+](=O)[O-])ccc1C(=O)O. The van der Waals surface area contributed by atoms with Gasteiger partial charge in [0.15, 0.2) is 0 Å². The summed E-state index contributed by atoms with van der Waals surface area (Å²) in [4.78, 5) is 22.7. The zero-order valence-corrected chi connectivity index (χ0v) is 11.0. The summed E-state index contributed by atoms with van der Waals surface area (Å²) < 4.78 is 0. The number of non-ortho nitro benzene ring substituents is 1. The van der Waals surface area contributed by atoms with Gasteiger partial charge in [0.2, 0.25) is 0 Å². The molecule has 0 aliphatic heterocycles. The maximum absolute atomic E-state index is 11.1. The van der Waals surface area contributed by atoms with E-state index in [4.69, 9.17) is 5.11 Å². The van der Waals surface area contributed by atoms with Gasteiger partial charge in [-0.05, 0) is 19.9 Å². The first kappa shape index (κ1) is 14.9. The first-order valence-electron chi connectivity index (χ1n) is 5.57. The van der Waals surface area contributed by atoms with E-state index in [9.17, 15) is 20.0 Å². The van der Waals surface area contributed by atoms with Crippen LogP contribution in [0.4, 0.5) is 11.4 Å². The molecule has 0 aromatic heterocycles. The Morgan fingerprint density at radius 1 is 1.47 bits per heavy atom. The number of likely N-dealkylation sites (N-methyl/N-ethyl adjacent to an activating group) is 1. The van der Waals surface area contributed by atoms with E-state index in [-0.39, 0.29) is 23.5 Å². The molecule has 7 heteroatoms. The Hall–Kier alpha value is -2.15. The first-order valence-corrected chi connectivity index (χ1v) is 5.57. The average Bonchev–Trinajstić information content (AvgIpc) is 2.25. The van der Waals surface area contributed by atoms with Gasteiger partial charge >= 0.3 is 5.97 Å². The Kier molecular flexibility index (Phi) is 4.10. The molecular formula is C12H16N2O5. The molecule has 0 bridgehead atoms. The molecule has 1 rings (SSSR count). The predicted molar refractivity (Wildman–Crippen MR) is 69.6 cm³/mol. The molecule has 1 aromatic carbocycles. The molecule has 1 aromatic rings. The fourth-order valence-electron chi connectivity index (χ4n) is 1.80. The second-order valence-corrected chi connectivity index (χ2v) is 4.93. The summed E-state index contributed by atoms with van der Waals surface area (Å²) in [6, 6.07) is 3.52. The molecule has 0 saturated carbocycles. The summed E-state index contributed by atoms with van der Waals surface area (Å²) in [5.74, 6) is -1.17. The summed E-state index contributed by atoms with van der Waals surface area (Å²) in [6.45, 7) is 3.29. The number of aromatic carboxylic acids is 1. The lowest BCUT2D eigenvalue weighted by Crippen LogP contribution is -2.36. The monoisotopic (exact) mass is 268 g/mol. The van der Waals surface area contributed by atoms with Crippen molar-refractivity contribution in [2.45, 2.75) is 19.4 Å². The zero-order valence-electron chi connectivity index (χ0n) is 11.0. The van der Waals surface area contributed by atoms with Crippen molar-refractivity contribution in [2.75, 3.05) is 18.5 Å². The van der Waals surface area contributed by atoms with Crippen molar-refractivity contribution in [3.63, 3.8) is 0 Å². The number of anilines is 1. The molecule has 0 amide bonds. The fraction of sp³-hybridized carbons (Fsp3) is 0.417. The van der Waals surface area contributed by atoms with Gasteiger partial charge in [0.05, 0.1) is 21.8 Å². The van der Waals surface area contributed by atoms with Gasteiger partial charge in [0.1, 0.15) is 0 Å². The molecule has 0 unspecified atom stereocenters. The van der Waals surface area contributed by atoms with Crippen LogP contribution in [-0.4, -0.2) is 40.3 Å². The number of carboxylic acids is 1. The first-order chi connectivity index (χ1) is 8.61. The number of aliphatic hydroxyl groups is 1. The highest BCUT2D eigenvalue weighted by molar-refractivity contribution is 5.95. The number of hydrogen-bond donors (Lipinski definition) is 2. The standard InChI is InChI=1S/C12H16N2O5/c1-12(2,17)7-13(3)10-6-8(14(18)19)4-5-9(10)11(15)16/h4-6,17H,7H2,1-3H3,(H,15,16). The van der Waals surface area contributed by atoms with Crippen LogP contribution < -0.4 is 4.90 Å². The van der Waals surface area contributed by atoms with Crippen LogP contribution in [0.1, 0.15) is 24.2 Å². The van der Waals surface area contributed by atoms with Gasteiger partial charge in [0.25, 0.3) is 5.69 Å². The second kappa shape index (κ2) is 5.23. The van der Waals surface area contributed by atoms with E-state index >= 15 is 0 Å². The molecule has 0 heterocycles. The topological polar surface area (TPSA) is 104 Å². The lowest BCUT2D eigenvalue weighted by Gasteiger charge is -2.28. The quantitative estimate of drug-likeness (QED) is 0.619. The van der Waals surface area contributed by atoms with Gasteiger partial charge in [-0.15, -0.1) is 0 Å². The van der Waals surface area contributed by atoms with Crippen molar-refractivity contribution >= 4 is 17.3 Å². The van der Waals surface area contributed by atoms with E-state index in [0.717, 1.165) is 6.07 Å². The highest BCUT2D eigenvalue weighted by Gasteiger charge is 2.22. The molecule has 19 heavy (non-hydrogen) atoms. The van der Waals surface area contributed by atoms with E-state index < -0.39 is 16.5 Å². The summed E-state index contributed by atoms with van der Waals surface area (Å²) in [6.07, 6.45) is 0. The Morgan fingerprint density at radius 3 is 2.47 bits per heavy atom. The van der Waals surface area contributed by atoms with Crippen LogP contribution in [0.3, 0.4) is 0 Å². The average molecular weight is 268 g/mol. The van der Waals surface area contributed by atoms with Crippen LogP contribution in [0.25, 0.3) is 0 Å². The summed E-state index contributed by atoms with van der Waals surface area (Å²) >= 11 is 0. The van der Waals surface area contributed by atoms with E-state index in [1.165, 1.54) is 17.0 Å². The highest BCUT2D eigenvalue weighted by atomic mass is 16.6. The van der Waals surface area contributed by atoms with Crippen LogP contribution >= 0.6 is 0 Å². The molecule has 0 fully saturated rings. The van der Waals surface area contributed by atoms with Crippen LogP contribution in [0.15, 0.2) is 18.2 Å². The van der Waals surface area contributed by atoms with Gasteiger partial charge in [-0.25, -0.2) is 4.79 Å². The smallest absolute Gasteiger partial charge is 0.337 e. The van der Waals surface area contributed by atoms with E-state index in [2.05, 4.69) is 0 Å². The van der Waals surface area contributed by atoms with E-state index in [1.54, 1.807) is 20.9 Å². The molecule has 0 aliphatic carbocycles. The number of rotatable bonds is 5. The second-order valence-electron chi connectivity index (χ2n) is 4.93. The lowest BCUT2D eigenvalue weighted by molar-refractivity contribution is -0.384. The summed E-state index contributed by atoms with van der Waals surface area (Å²) in [7, 11) is 1.57. The van der Waals surface area contributed by atoms with E-state index in [1.807, 2.05) is 0 Å². The Balaban J connectivity index is 3.24. The normalized spacial score (nSPS) is 11.2. The predicted octanol–water partition coefficient (Wildman–Crippen LogP) is 1.50. The summed E-state index contributed by atoms with van der Waals surface area (Å²) in [5.41, 5.74) is -1.08. The van der Waals surface area contributed by atoms with Crippen molar-refractivity contribution in [1.82, 2.24) is 0 Å². The maximum Gasteiger partial charge on any atom is 0.337 e. The molecule has 0 spiro atoms. The molecule has 104 valence electrons. The molecule has 0 saturated heterocycles. The molecule has 0 atom stereocenters. The lowest BCUT2D eigenvalue weighted by atomic mass is 10.1. The van der Waals surface area contributed by atoms with Gasteiger partial charge in [-0.3, -0.25) is 10.1 Å². The van der Waals surface area contributed by atoms with Crippen molar-refractivity contribution in [1.29, 1.82) is 0 Å². The number of carbonyl (C=O) groups is 1. The van der Waals surface area contributed by atoms with Gasteiger partial charge in [0, 0.05) is 25.7 Å². The van der Waals surface area contributed by atoms with Gasteiger partial charge < -0.3 is 15.1 Å². The zero-order chi connectivity index (χ0) is 14.8. The highest BCUT2D eigenvalue weighted by Crippen LogP contribution is 2.26. The minimum Gasteiger partial charge on any atom is -0.478 e. The van der Waals surface area contributed by atoms with Gasteiger partial charge in [-0.1, -0.05) is 0 Å². The van der Waals surface area contributed by atoms with Crippen LogP contribution in [0.5, 0.6) is 0 Å². The number of nitrogens with zero attached hydrogens (tertiary/aromatic N) is 2. The van der Waals surface area contributed by atoms with Crippen molar-refractivity contribution in [3.8, 4) is 0 Å². The third kappa shape index (κ3) is 3.92. The van der Waals surface area contributed by atoms with E-state index in [0.29, 0.717) is 0 Å². The fourth-order valence-corrected chi connectivity index (χ4v) is 1.80. The third-order valence-electron chi connectivity index (χ3n) is 2.46. The largest absolute Gasteiger partial charge is 0.478 e. The van der Waals surface area contributed by atoms with Crippen LogP contribution in [-0.2, 0) is 0 Å². The number of carboxylic acid groups (broad SMARTS) is 1. The Bertz CT molecular complexity index is 507. The third-order valence-corrected chi connectivity index (χ3v) is 2.46. The van der Waals surface area contributed by atoms with Crippen molar-refractivity contribution in [3.05, 3.63) is 33.9 Å². The molecular weight excluding hydrogens is 252 g/mol. The number of nitro groups is 1. The van der Waals surface area contributed by atoms with Crippen molar-refractivity contribution in [2.24, 2.45) is 0 Å². The summed E-state index contributed by atoms with van der Waals surface area (Å²) in [5, 5.41) is 29.6. The van der Waals surface area contributed by atoms with Crippen LogP contribution in [0.2, 0.25) is 0 Å². The Labute approximate surface area is 110 Å².